The molecule has 0 spiro atoms. The van der Waals surface area contributed by atoms with Crippen molar-refractivity contribution in [2.24, 2.45) is 5.92 Å². The summed E-state index contributed by atoms with van der Waals surface area (Å²) in [4.78, 5) is 22.8. The number of amides is 1. The number of imidazole rings is 1. The Bertz CT molecular complexity index is 1220. The summed E-state index contributed by atoms with van der Waals surface area (Å²) in [7, 11) is 0. The zero-order valence-corrected chi connectivity index (χ0v) is 24.3. The molecule has 6 nitrogen and oxygen atoms in total. The number of piperidine rings is 1. The minimum atomic E-state index is -0.397. The molecule has 1 amide bonds. The van der Waals surface area contributed by atoms with Crippen LogP contribution in [0.2, 0.25) is 0 Å². The fourth-order valence-electron chi connectivity index (χ4n) is 5.69. The monoisotopic (exact) mass is 535 g/mol. The smallest absolute Gasteiger partial charge is 0.254 e. The maximum atomic E-state index is 13.9. The number of likely N-dealkylation sites (tertiary alicyclic amines) is 1. The number of carbonyl (C=O) groups excluding carboxylic acids is 1. The molecule has 1 aliphatic rings. The van der Waals surface area contributed by atoms with Gasteiger partial charge in [0.05, 0.1) is 17.6 Å². The van der Waals surface area contributed by atoms with E-state index < -0.39 is 5.82 Å². The summed E-state index contributed by atoms with van der Waals surface area (Å²) < 4.78 is 16.1. The van der Waals surface area contributed by atoms with E-state index in [1.54, 1.807) is 17.0 Å². The first-order valence-electron chi connectivity index (χ1n) is 14.8. The number of aryl methyl sites for hydroxylation is 1. The van der Waals surface area contributed by atoms with Gasteiger partial charge in [-0.1, -0.05) is 39.3 Å². The summed E-state index contributed by atoms with van der Waals surface area (Å²) >= 11 is 0. The van der Waals surface area contributed by atoms with Crippen molar-refractivity contribution < 1.29 is 9.18 Å². The minimum Gasteiger partial charge on any atom is -0.331 e. The van der Waals surface area contributed by atoms with E-state index in [9.17, 15) is 9.18 Å². The van der Waals surface area contributed by atoms with E-state index in [2.05, 4.69) is 60.7 Å². The van der Waals surface area contributed by atoms with Crippen molar-refractivity contribution in [1.82, 2.24) is 24.7 Å². The van der Waals surface area contributed by atoms with Crippen LogP contribution in [0.3, 0.4) is 0 Å². The fraction of sp³-hybridized carbons (Fsp3) is 0.562. The van der Waals surface area contributed by atoms with E-state index in [1.165, 1.54) is 50.0 Å². The first-order valence-corrected chi connectivity index (χ1v) is 14.8. The maximum absolute atomic E-state index is 13.9. The van der Waals surface area contributed by atoms with Crippen molar-refractivity contribution in [2.45, 2.75) is 85.5 Å². The first kappa shape index (κ1) is 29.2. The van der Waals surface area contributed by atoms with Gasteiger partial charge in [0.2, 0.25) is 0 Å². The van der Waals surface area contributed by atoms with Crippen LogP contribution in [0, 0.1) is 11.7 Å². The Hall–Kier alpha value is -2.77. The third-order valence-electron chi connectivity index (χ3n) is 7.68. The summed E-state index contributed by atoms with van der Waals surface area (Å²) in [6.07, 6.45) is 6.16. The summed E-state index contributed by atoms with van der Waals surface area (Å²) in [6.45, 7) is 14.7. The van der Waals surface area contributed by atoms with Crippen LogP contribution in [0.25, 0.3) is 11.0 Å². The highest BCUT2D eigenvalue weighted by atomic mass is 19.1. The second-order valence-corrected chi connectivity index (χ2v) is 11.5. The van der Waals surface area contributed by atoms with Crippen molar-refractivity contribution in [3.8, 4) is 0 Å². The van der Waals surface area contributed by atoms with Gasteiger partial charge in [-0.25, -0.2) is 9.37 Å². The molecule has 1 unspecified atom stereocenters. The molecule has 0 aliphatic carbocycles. The molecule has 7 heteroatoms. The van der Waals surface area contributed by atoms with Gasteiger partial charge < -0.3 is 19.7 Å². The van der Waals surface area contributed by atoms with Gasteiger partial charge in [0.1, 0.15) is 11.6 Å². The highest BCUT2D eigenvalue weighted by molar-refractivity contribution is 5.94. The van der Waals surface area contributed by atoms with Gasteiger partial charge in [0, 0.05) is 31.2 Å². The van der Waals surface area contributed by atoms with Crippen LogP contribution in [0.1, 0.15) is 81.5 Å². The van der Waals surface area contributed by atoms with Gasteiger partial charge >= 0.3 is 0 Å². The molecule has 1 atom stereocenters. The molecule has 39 heavy (non-hydrogen) atoms. The van der Waals surface area contributed by atoms with E-state index in [-0.39, 0.29) is 11.8 Å². The maximum Gasteiger partial charge on any atom is 0.254 e. The van der Waals surface area contributed by atoms with Crippen molar-refractivity contribution in [2.75, 3.05) is 26.2 Å². The van der Waals surface area contributed by atoms with Crippen LogP contribution in [0.4, 0.5) is 4.39 Å². The van der Waals surface area contributed by atoms with E-state index in [1.807, 2.05) is 0 Å². The molecule has 212 valence electrons. The number of nitrogens with one attached hydrogen (secondary N) is 1. The minimum absolute atomic E-state index is 0.165. The zero-order chi connectivity index (χ0) is 27.8. The van der Waals surface area contributed by atoms with Crippen molar-refractivity contribution in [1.29, 1.82) is 0 Å². The Morgan fingerprint density at radius 2 is 2.03 bits per heavy atom. The van der Waals surface area contributed by atoms with E-state index >= 15 is 0 Å². The normalized spacial score (nSPS) is 16.3. The van der Waals surface area contributed by atoms with Gasteiger partial charge in [-0.15, -0.1) is 0 Å². The molecule has 1 aromatic heterocycles. The molecule has 1 N–H and O–H groups in total. The number of benzene rings is 2. The third kappa shape index (κ3) is 7.89. The molecule has 0 bridgehead atoms. The Balaban J connectivity index is 1.44. The predicted molar refractivity (Wildman–Crippen MR) is 157 cm³/mol. The quantitative estimate of drug-likeness (QED) is 0.263. The highest BCUT2D eigenvalue weighted by Crippen LogP contribution is 2.22. The van der Waals surface area contributed by atoms with Gasteiger partial charge in [-0.3, -0.25) is 4.79 Å². The first-order chi connectivity index (χ1) is 18.9. The lowest BCUT2D eigenvalue weighted by Crippen LogP contribution is -2.38. The number of nitrogens with zero attached hydrogens (tertiary/aromatic N) is 4. The summed E-state index contributed by atoms with van der Waals surface area (Å²) in [6, 6.07) is 13.2. The fourth-order valence-corrected chi connectivity index (χ4v) is 5.69. The van der Waals surface area contributed by atoms with Gasteiger partial charge in [0.15, 0.2) is 0 Å². The molecular formula is C32H46FN5O. The molecule has 2 aromatic carbocycles. The molecule has 4 rings (SSSR count). The molecule has 3 aromatic rings. The Morgan fingerprint density at radius 1 is 1.18 bits per heavy atom. The topological polar surface area (TPSA) is 53.4 Å². The molecule has 1 aliphatic heterocycles. The van der Waals surface area contributed by atoms with E-state index in [4.69, 9.17) is 4.98 Å². The molecular weight excluding hydrogens is 489 g/mol. The average molecular weight is 536 g/mol. The largest absolute Gasteiger partial charge is 0.331 e. The van der Waals surface area contributed by atoms with Crippen molar-refractivity contribution in [3.63, 3.8) is 0 Å². The van der Waals surface area contributed by atoms with Crippen LogP contribution >= 0.6 is 0 Å². The Labute approximate surface area is 233 Å². The van der Waals surface area contributed by atoms with Crippen LogP contribution in [0.5, 0.6) is 0 Å². The summed E-state index contributed by atoms with van der Waals surface area (Å²) in [5.74, 6) is 0.591. The Morgan fingerprint density at radius 3 is 2.77 bits per heavy atom. The zero-order valence-electron chi connectivity index (χ0n) is 24.3. The lowest BCUT2D eigenvalue weighted by Gasteiger charge is -2.33. The number of rotatable bonds is 13. The van der Waals surface area contributed by atoms with E-state index in [0.717, 1.165) is 49.3 Å². The lowest BCUT2D eigenvalue weighted by molar-refractivity contribution is 0.0715. The molecule has 1 saturated heterocycles. The van der Waals surface area contributed by atoms with Crippen LogP contribution in [-0.2, 0) is 19.6 Å². The summed E-state index contributed by atoms with van der Waals surface area (Å²) in [5, 5.41) is 3.61. The number of halogens is 1. The highest BCUT2D eigenvalue weighted by Gasteiger charge is 2.22. The number of fused-ring (bicyclic) bond motifs is 1. The SMILES string of the molecule is CCCn1c(CN(CC(C)C)C(=O)c2cccc(F)c2)nc2cc(CNCCCN3CCCCC3C)ccc21. The van der Waals surface area contributed by atoms with Crippen molar-refractivity contribution in [3.05, 3.63) is 65.2 Å². The molecule has 0 saturated carbocycles. The predicted octanol–water partition coefficient (Wildman–Crippen LogP) is 6.24. The van der Waals surface area contributed by atoms with Gasteiger partial charge in [0.25, 0.3) is 5.91 Å². The second-order valence-electron chi connectivity index (χ2n) is 11.5. The lowest BCUT2D eigenvalue weighted by atomic mass is 10.0. The second kappa shape index (κ2) is 14.0. The molecule has 0 radical (unpaired) electrons. The van der Waals surface area contributed by atoms with E-state index in [0.29, 0.717) is 24.7 Å². The number of hydrogen-bond donors (Lipinski definition) is 1. The molecule has 1 fully saturated rings. The number of aromatic nitrogens is 2. The van der Waals surface area contributed by atoms with Crippen LogP contribution in [0.15, 0.2) is 42.5 Å². The Kier molecular flexibility index (Phi) is 10.5. The molecule has 2 heterocycles. The van der Waals surface area contributed by atoms with Crippen molar-refractivity contribution >= 4 is 16.9 Å². The average Bonchev–Trinajstić information content (AvgIpc) is 3.24. The van der Waals surface area contributed by atoms with Gasteiger partial charge in [-0.05, 0) is 94.1 Å². The van der Waals surface area contributed by atoms with Crippen LogP contribution in [-0.4, -0.2) is 57.5 Å². The van der Waals surface area contributed by atoms with Crippen LogP contribution < -0.4 is 5.32 Å². The number of carbonyl (C=O) groups is 1. The standard InChI is InChI=1S/C32H46FN5O/c1-5-16-38-30-14-13-26(21-34-15-9-18-36-17-7-6-10-25(36)4)19-29(30)35-31(38)23-37(22-24(2)3)32(39)27-11-8-12-28(33)20-27/h8,11-14,19-20,24-25,34H,5-7,9-10,15-18,21-23H2,1-4H3. The number of hydrogen-bond acceptors (Lipinski definition) is 4. The summed E-state index contributed by atoms with van der Waals surface area (Å²) in [5.41, 5.74) is 3.65. The third-order valence-corrected chi connectivity index (χ3v) is 7.68. The van der Waals surface area contributed by atoms with Gasteiger partial charge in [-0.2, -0.15) is 0 Å².